The molecule has 0 spiro atoms. The minimum absolute atomic E-state index is 0.0623. The lowest BCUT2D eigenvalue weighted by Crippen LogP contribution is -2.08. The summed E-state index contributed by atoms with van der Waals surface area (Å²) in [5, 5.41) is 0.971. The van der Waals surface area contributed by atoms with Gasteiger partial charge in [-0.05, 0) is 18.6 Å². The van der Waals surface area contributed by atoms with Gasteiger partial charge in [0.05, 0.1) is 6.61 Å². The van der Waals surface area contributed by atoms with E-state index in [1.54, 1.807) is 18.2 Å². The van der Waals surface area contributed by atoms with Crippen LogP contribution in [0.4, 0.5) is 0 Å². The first kappa shape index (κ1) is 15.0. The molecule has 0 saturated heterocycles. The molecule has 1 heterocycles. The monoisotopic (exact) mass is 307 g/mol. The van der Waals surface area contributed by atoms with Crippen LogP contribution in [-0.2, 0) is 4.74 Å². The molecule has 0 saturated carbocycles. The first-order valence-corrected chi connectivity index (χ1v) is 7.57. The van der Waals surface area contributed by atoms with E-state index in [1.165, 1.54) is 0 Å². The van der Waals surface area contributed by atoms with E-state index in [0.717, 1.165) is 10.9 Å². The number of para-hydroxylation sites is 1. The molecule has 0 radical (unpaired) electrons. The molecule has 0 bridgehead atoms. The summed E-state index contributed by atoms with van der Waals surface area (Å²) in [5.74, 6) is -0.333. The van der Waals surface area contributed by atoms with Crippen LogP contribution in [-0.4, -0.2) is 23.3 Å². The number of hydrogen-bond acceptors (Lipinski definition) is 3. The van der Waals surface area contributed by atoms with Gasteiger partial charge in [-0.2, -0.15) is 0 Å². The van der Waals surface area contributed by atoms with Crippen molar-refractivity contribution in [3.8, 4) is 0 Å². The maximum atomic E-state index is 12.0. The predicted octanol–water partition coefficient (Wildman–Crippen LogP) is 3.99. The molecule has 4 nitrogen and oxygen atoms in total. The number of H-pyrrole nitrogens is 1. The highest BCUT2D eigenvalue weighted by Gasteiger charge is 2.11. The Morgan fingerprint density at radius 3 is 2.48 bits per heavy atom. The van der Waals surface area contributed by atoms with Crippen molar-refractivity contribution < 1.29 is 14.3 Å². The number of hydrogen-bond donors (Lipinski definition) is 1. The lowest BCUT2D eigenvalue weighted by atomic mass is 10.1. The number of ether oxygens (including phenoxy) is 1. The van der Waals surface area contributed by atoms with E-state index >= 15 is 0 Å². The molecule has 0 atom stereocenters. The Bertz CT molecular complexity index is 788. The summed E-state index contributed by atoms with van der Waals surface area (Å²) in [5.41, 5.74) is 2.02. The van der Waals surface area contributed by atoms with Crippen molar-refractivity contribution in [3.63, 3.8) is 0 Å². The standard InChI is InChI=1S/C19H17NO3/c21-18(14-7-2-1-3-8-14)11-6-12-23-19(22)17-13-15-9-4-5-10-16(15)20-17/h1-5,7-10,13,20H,6,11-12H2. The van der Waals surface area contributed by atoms with Crippen molar-refractivity contribution in [3.05, 3.63) is 71.9 Å². The number of fused-ring (bicyclic) bond motifs is 1. The molecule has 23 heavy (non-hydrogen) atoms. The second kappa shape index (κ2) is 6.92. The molecule has 2 aromatic carbocycles. The molecular formula is C19H17NO3. The largest absolute Gasteiger partial charge is 0.461 e. The van der Waals surface area contributed by atoms with Crippen molar-refractivity contribution in [1.82, 2.24) is 4.98 Å². The average molecular weight is 307 g/mol. The molecule has 0 aliphatic carbocycles. The van der Waals surface area contributed by atoms with Crippen molar-refractivity contribution >= 4 is 22.7 Å². The van der Waals surface area contributed by atoms with Gasteiger partial charge in [-0.15, -0.1) is 0 Å². The van der Waals surface area contributed by atoms with Gasteiger partial charge in [-0.25, -0.2) is 4.79 Å². The summed E-state index contributed by atoms with van der Waals surface area (Å²) in [4.78, 5) is 27.0. The molecular weight excluding hydrogens is 290 g/mol. The zero-order valence-corrected chi connectivity index (χ0v) is 12.6. The minimum atomic E-state index is -0.395. The fraction of sp³-hybridized carbons (Fsp3) is 0.158. The van der Waals surface area contributed by atoms with Gasteiger partial charge in [0.15, 0.2) is 5.78 Å². The summed E-state index contributed by atoms with van der Waals surface area (Å²) >= 11 is 0. The number of esters is 1. The van der Waals surface area contributed by atoms with E-state index in [1.807, 2.05) is 42.5 Å². The third kappa shape index (κ3) is 3.66. The zero-order valence-electron chi connectivity index (χ0n) is 12.6. The maximum absolute atomic E-state index is 12.0. The number of Topliss-reactive ketones (excluding diaryl/α,β-unsaturated/α-hetero) is 1. The van der Waals surface area contributed by atoms with Crippen LogP contribution in [0.5, 0.6) is 0 Å². The van der Waals surface area contributed by atoms with Gasteiger partial charge in [-0.3, -0.25) is 4.79 Å². The number of carbonyl (C=O) groups excluding carboxylic acids is 2. The zero-order chi connectivity index (χ0) is 16.1. The molecule has 4 heteroatoms. The predicted molar refractivity (Wildman–Crippen MR) is 88.6 cm³/mol. The Morgan fingerprint density at radius 1 is 0.957 bits per heavy atom. The summed E-state index contributed by atoms with van der Waals surface area (Å²) in [7, 11) is 0. The Morgan fingerprint density at radius 2 is 1.70 bits per heavy atom. The van der Waals surface area contributed by atoms with Crippen LogP contribution in [0.25, 0.3) is 10.9 Å². The van der Waals surface area contributed by atoms with Gasteiger partial charge in [0.25, 0.3) is 0 Å². The number of aromatic nitrogens is 1. The first-order chi connectivity index (χ1) is 11.2. The topological polar surface area (TPSA) is 59.2 Å². The van der Waals surface area contributed by atoms with E-state index in [9.17, 15) is 9.59 Å². The normalized spacial score (nSPS) is 10.6. The average Bonchev–Trinajstić information content (AvgIpc) is 3.03. The Hall–Kier alpha value is -2.88. The number of aromatic amines is 1. The van der Waals surface area contributed by atoms with E-state index in [-0.39, 0.29) is 12.4 Å². The van der Waals surface area contributed by atoms with Gasteiger partial charge in [0.1, 0.15) is 5.69 Å². The van der Waals surface area contributed by atoms with E-state index in [2.05, 4.69) is 4.98 Å². The van der Waals surface area contributed by atoms with E-state index in [4.69, 9.17) is 4.74 Å². The molecule has 0 amide bonds. The van der Waals surface area contributed by atoms with Gasteiger partial charge in [0.2, 0.25) is 0 Å². The molecule has 1 aromatic heterocycles. The Balaban J connectivity index is 1.49. The third-order valence-corrected chi connectivity index (χ3v) is 3.63. The second-order valence-electron chi connectivity index (χ2n) is 5.30. The van der Waals surface area contributed by atoms with Crippen LogP contribution in [0, 0.1) is 0 Å². The Kier molecular flexibility index (Phi) is 4.52. The number of rotatable bonds is 6. The van der Waals surface area contributed by atoms with Crippen molar-refractivity contribution in [1.29, 1.82) is 0 Å². The summed E-state index contributed by atoms with van der Waals surface area (Å²) in [6.07, 6.45) is 0.879. The maximum Gasteiger partial charge on any atom is 0.354 e. The fourth-order valence-electron chi connectivity index (χ4n) is 2.43. The second-order valence-corrected chi connectivity index (χ2v) is 5.30. The molecule has 0 fully saturated rings. The SMILES string of the molecule is O=C(CCCOC(=O)c1cc2ccccc2[nH]1)c1ccccc1. The van der Waals surface area contributed by atoms with Gasteiger partial charge in [0, 0.05) is 22.9 Å². The van der Waals surface area contributed by atoms with Crippen molar-refractivity contribution in [2.24, 2.45) is 0 Å². The lowest BCUT2D eigenvalue weighted by Gasteiger charge is -2.03. The van der Waals surface area contributed by atoms with Crippen LogP contribution in [0.15, 0.2) is 60.7 Å². The summed E-state index contributed by atoms with van der Waals surface area (Å²) in [6.45, 7) is 0.229. The number of nitrogens with one attached hydrogen (secondary N) is 1. The lowest BCUT2D eigenvalue weighted by molar-refractivity contribution is 0.0488. The highest BCUT2D eigenvalue weighted by atomic mass is 16.5. The van der Waals surface area contributed by atoms with Crippen molar-refractivity contribution in [2.75, 3.05) is 6.61 Å². The van der Waals surface area contributed by atoms with Crippen molar-refractivity contribution in [2.45, 2.75) is 12.8 Å². The van der Waals surface area contributed by atoms with E-state index < -0.39 is 5.97 Å². The fourth-order valence-corrected chi connectivity index (χ4v) is 2.43. The third-order valence-electron chi connectivity index (χ3n) is 3.63. The van der Waals surface area contributed by atoms with E-state index in [0.29, 0.717) is 24.1 Å². The Labute approximate surface area is 134 Å². The number of ketones is 1. The van der Waals surface area contributed by atoms with Gasteiger partial charge < -0.3 is 9.72 Å². The van der Waals surface area contributed by atoms with Crippen LogP contribution in [0.1, 0.15) is 33.7 Å². The quantitative estimate of drug-likeness (QED) is 0.425. The molecule has 1 N–H and O–H groups in total. The van der Waals surface area contributed by atoms with Crippen LogP contribution >= 0.6 is 0 Å². The molecule has 0 aliphatic rings. The molecule has 3 aromatic rings. The van der Waals surface area contributed by atoms with Gasteiger partial charge in [-0.1, -0.05) is 48.5 Å². The molecule has 3 rings (SSSR count). The molecule has 116 valence electrons. The summed E-state index contributed by atoms with van der Waals surface area (Å²) in [6, 6.07) is 18.6. The highest BCUT2D eigenvalue weighted by molar-refractivity contribution is 5.96. The first-order valence-electron chi connectivity index (χ1n) is 7.57. The summed E-state index contributed by atoms with van der Waals surface area (Å²) < 4.78 is 5.22. The van der Waals surface area contributed by atoms with Crippen LogP contribution in [0.2, 0.25) is 0 Å². The van der Waals surface area contributed by atoms with Gasteiger partial charge >= 0.3 is 5.97 Å². The number of carbonyl (C=O) groups is 2. The number of benzene rings is 2. The van der Waals surface area contributed by atoms with Crippen LogP contribution in [0.3, 0.4) is 0 Å². The van der Waals surface area contributed by atoms with Crippen LogP contribution < -0.4 is 0 Å². The highest BCUT2D eigenvalue weighted by Crippen LogP contribution is 2.15. The minimum Gasteiger partial charge on any atom is -0.461 e. The molecule has 0 aliphatic heterocycles. The molecule has 0 unspecified atom stereocenters. The smallest absolute Gasteiger partial charge is 0.354 e.